The van der Waals surface area contributed by atoms with Gasteiger partial charge in [0.15, 0.2) is 11.6 Å². The van der Waals surface area contributed by atoms with Crippen LogP contribution in [0.4, 0.5) is 30.7 Å². The van der Waals surface area contributed by atoms with Crippen LogP contribution in [-0.2, 0) is 12.6 Å². The number of halogens is 7. The van der Waals surface area contributed by atoms with Crippen molar-refractivity contribution in [1.82, 2.24) is 4.57 Å². The summed E-state index contributed by atoms with van der Waals surface area (Å²) in [4.78, 5) is 14.1. The van der Waals surface area contributed by atoms with Crippen molar-refractivity contribution in [2.24, 2.45) is 5.73 Å². The topological polar surface area (TPSA) is 57.2 Å². The van der Waals surface area contributed by atoms with Gasteiger partial charge in [0.05, 0.1) is 28.2 Å². The van der Waals surface area contributed by atoms with E-state index in [4.69, 9.17) is 5.73 Å². The lowest BCUT2D eigenvalue weighted by Gasteiger charge is -2.25. The van der Waals surface area contributed by atoms with Gasteiger partial charge in [-0.15, -0.1) is 11.8 Å². The van der Waals surface area contributed by atoms with Gasteiger partial charge in [-0.3, -0.25) is 9.36 Å². The summed E-state index contributed by atoms with van der Waals surface area (Å²) in [5.74, 6) is -2.91. The second-order valence-electron chi connectivity index (χ2n) is 9.71. The summed E-state index contributed by atoms with van der Waals surface area (Å²) in [6, 6.07) is 13.4. The molecule has 220 valence electrons. The summed E-state index contributed by atoms with van der Waals surface area (Å²) >= 11 is 1.17. The molecule has 1 aromatic heterocycles. The first-order valence-corrected chi connectivity index (χ1v) is 13.7. The molecule has 5 rings (SSSR count). The molecule has 12 heteroatoms. The van der Waals surface area contributed by atoms with Crippen LogP contribution in [0.25, 0.3) is 11.1 Å². The van der Waals surface area contributed by atoms with E-state index in [0.29, 0.717) is 5.56 Å². The Labute approximate surface area is 239 Å². The Kier molecular flexibility index (Phi) is 8.13. The van der Waals surface area contributed by atoms with Crippen molar-refractivity contribution in [2.45, 2.75) is 43.2 Å². The van der Waals surface area contributed by atoms with E-state index in [9.17, 15) is 31.1 Å². The average Bonchev–Trinajstić information content (AvgIpc) is 3.38. The lowest BCUT2D eigenvalue weighted by Crippen LogP contribution is -2.33. The van der Waals surface area contributed by atoms with Crippen LogP contribution in [0.1, 0.15) is 39.9 Å². The minimum Gasteiger partial charge on any atom is -0.432 e. The number of hydrogen-bond acceptors (Lipinski definition) is 4. The van der Waals surface area contributed by atoms with Gasteiger partial charge in [0.25, 0.3) is 5.56 Å². The normalized spacial score (nSPS) is 15.6. The van der Waals surface area contributed by atoms with Gasteiger partial charge in [-0.05, 0) is 41.8 Å². The number of aromatic nitrogens is 1. The zero-order valence-electron chi connectivity index (χ0n) is 21.9. The Morgan fingerprint density at radius 3 is 2.36 bits per heavy atom. The van der Waals surface area contributed by atoms with Gasteiger partial charge >= 0.3 is 12.8 Å². The summed E-state index contributed by atoms with van der Waals surface area (Å²) in [5, 5.41) is 0.273. The molecule has 0 fully saturated rings. The van der Waals surface area contributed by atoms with Crippen molar-refractivity contribution >= 4 is 11.8 Å². The van der Waals surface area contributed by atoms with Crippen molar-refractivity contribution in [3.63, 3.8) is 0 Å². The molecule has 1 aliphatic heterocycles. The van der Waals surface area contributed by atoms with Gasteiger partial charge in [-0.1, -0.05) is 48.5 Å². The number of pyridine rings is 1. The van der Waals surface area contributed by atoms with Crippen LogP contribution in [0, 0.1) is 18.6 Å². The fourth-order valence-electron chi connectivity index (χ4n) is 5.29. The fourth-order valence-corrected chi connectivity index (χ4v) is 6.73. The van der Waals surface area contributed by atoms with E-state index in [1.54, 1.807) is 30.3 Å². The van der Waals surface area contributed by atoms with Gasteiger partial charge in [0, 0.05) is 23.3 Å². The molecule has 2 N–H and O–H groups in total. The minimum atomic E-state index is -4.87. The first kappa shape index (κ1) is 29.7. The predicted molar refractivity (Wildman–Crippen MR) is 145 cm³/mol. The lowest BCUT2D eigenvalue weighted by atomic mass is 9.91. The highest BCUT2D eigenvalue weighted by Crippen LogP contribution is 2.44. The van der Waals surface area contributed by atoms with Crippen LogP contribution in [-0.4, -0.2) is 16.9 Å². The lowest BCUT2D eigenvalue weighted by molar-refractivity contribution is -0.138. The zero-order valence-corrected chi connectivity index (χ0v) is 22.7. The van der Waals surface area contributed by atoms with Gasteiger partial charge in [0.2, 0.25) is 0 Å². The van der Waals surface area contributed by atoms with Crippen molar-refractivity contribution in [1.29, 1.82) is 0 Å². The van der Waals surface area contributed by atoms with E-state index in [2.05, 4.69) is 4.74 Å². The van der Waals surface area contributed by atoms with Crippen LogP contribution in [0.2, 0.25) is 0 Å². The van der Waals surface area contributed by atoms with Gasteiger partial charge < -0.3 is 10.5 Å². The SMILES string of the molecule is Cc1c(Cc2c(F)cccc2C(F)(F)F)c2n(c(=O)c1-c1cccc(OC(F)F)c1F)C(C(N)c1ccccc1)CS2. The highest BCUT2D eigenvalue weighted by atomic mass is 32.2. The summed E-state index contributed by atoms with van der Waals surface area (Å²) in [6.07, 6.45) is -5.45. The maximum atomic E-state index is 15.5. The Hall–Kier alpha value is -3.77. The number of hydrogen-bond donors (Lipinski definition) is 1. The van der Waals surface area contributed by atoms with Crippen LogP contribution in [0.5, 0.6) is 5.75 Å². The van der Waals surface area contributed by atoms with Crippen molar-refractivity contribution in [2.75, 3.05) is 5.75 Å². The third-order valence-corrected chi connectivity index (χ3v) is 8.51. The number of ether oxygens (including phenoxy) is 1. The molecule has 0 radical (unpaired) electrons. The number of fused-ring (bicyclic) bond motifs is 1. The maximum absolute atomic E-state index is 15.5. The van der Waals surface area contributed by atoms with Gasteiger partial charge in [-0.2, -0.15) is 22.0 Å². The molecule has 0 amide bonds. The van der Waals surface area contributed by atoms with E-state index in [1.165, 1.54) is 35.4 Å². The highest BCUT2D eigenvalue weighted by Gasteiger charge is 2.38. The molecule has 4 aromatic rings. The number of rotatable bonds is 7. The number of benzene rings is 3. The molecule has 0 spiro atoms. The van der Waals surface area contributed by atoms with Crippen molar-refractivity contribution in [3.8, 4) is 16.9 Å². The Bertz CT molecular complexity index is 1690. The van der Waals surface area contributed by atoms with E-state index in [0.717, 1.165) is 24.3 Å². The quantitative estimate of drug-likeness (QED) is 0.219. The molecule has 2 heterocycles. The van der Waals surface area contributed by atoms with Crippen LogP contribution >= 0.6 is 11.8 Å². The van der Waals surface area contributed by atoms with E-state index in [-0.39, 0.29) is 33.0 Å². The maximum Gasteiger partial charge on any atom is 0.416 e. The smallest absolute Gasteiger partial charge is 0.416 e. The second kappa shape index (κ2) is 11.5. The third kappa shape index (κ3) is 5.40. The molecule has 0 saturated heterocycles. The number of nitrogens with two attached hydrogens (primary N) is 1. The summed E-state index contributed by atoms with van der Waals surface area (Å²) < 4.78 is 104. The highest BCUT2D eigenvalue weighted by molar-refractivity contribution is 7.99. The van der Waals surface area contributed by atoms with Gasteiger partial charge in [-0.25, -0.2) is 8.78 Å². The third-order valence-electron chi connectivity index (χ3n) is 7.29. The molecule has 1 aliphatic rings. The second-order valence-corrected chi connectivity index (χ2v) is 10.7. The van der Waals surface area contributed by atoms with Crippen molar-refractivity contribution in [3.05, 3.63) is 117 Å². The number of nitrogens with zero attached hydrogens (tertiary/aromatic N) is 1. The van der Waals surface area contributed by atoms with Crippen LogP contribution < -0.4 is 16.0 Å². The number of alkyl halides is 5. The standard InChI is InChI=1S/C30H23F7N2O2S/c1-15-18(13-19-20(30(35,36)37)10-6-11-21(19)31)28-39(22(14-42-28)26(38)16-7-3-2-4-8-16)27(40)24(15)17-9-5-12-23(25(17)32)41-29(33)34/h2-12,22,26,29H,13-14,38H2,1H3. The van der Waals surface area contributed by atoms with Crippen LogP contribution in [0.3, 0.4) is 0 Å². The van der Waals surface area contributed by atoms with E-state index in [1.807, 2.05) is 0 Å². The number of thioether (sulfide) groups is 1. The Morgan fingerprint density at radius 2 is 1.69 bits per heavy atom. The monoisotopic (exact) mass is 608 g/mol. The van der Waals surface area contributed by atoms with Crippen LogP contribution in [0.15, 0.2) is 76.6 Å². The molecule has 0 aliphatic carbocycles. The molecular formula is C30H23F7N2O2S. The van der Waals surface area contributed by atoms with E-state index >= 15 is 4.39 Å². The largest absolute Gasteiger partial charge is 0.432 e. The molecule has 2 unspecified atom stereocenters. The van der Waals surface area contributed by atoms with E-state index < -0.39 is 65.4 Å². The summed E-state index contributed by atoms with van der Waals surface area (Å²) in [5.41, 5.74) is 4.27. The molecule has 4 nitrogen and oxygen atoms in total. The molecule has 42 heavy (non-hydrogen) atoms. The Morgan fingerprint density at radius 1 is 1.00 bits per heavy atom. The van der Waals surface area contributed by atoms with Crippen molar-refractivity contribution < 1.29 is 35.5 Å². The van der Waals surface area contributed by atoms with Gasteiger partial charge in [0.1, 0.15) is 5.82 Å². The minimum absolute atomic E-state index is 0.0807. The fraction of sp³-hybridized carbons (Fsp3) is 0.233. The molecule has 2 atom stereocenters. The molecule has 0 bridgehead atoms. The molecule has 3 aromatic carbocycles. The summed E-state index contributed by atoms with van der Waals surface area (Å²) in [7, 11) is 0. The summed E-state index contributed by atoms with van der Waals surface area (Å²) in [6.45, 7) is -1.94. The zero-order chi connectivity index (χ0) is 30.3. The molecular weight excluding hydrogens is 585 g/mol. The molecule has 0 saturated carbocycles. The first-order valence-electron chi connectivity index (χ1n) is 12.7. The predicted octanol–water partition coefficient (Wildman–Crippen LogP) is 7.66. The average molecular weight is 609 g/mol. The Balaban J connectivity index is 1.78. The first-order chi connectivity index (χ1) is 19.9.